The highest BCUT2D eigenvalue weighted by Gasteiger charge is 2.35. The van der Waals surface area contributed by atoms with Crippen LogP contribution in [0.4, 0.5) is 5.69 Å². The Labute approximate surface area is 183 Å². The molecule has 0 N–H and O–H groups in total. The van der Waals surface area contributed by atoms with E-state index in [1.807, 2.05) is 66.3 Å². The quantitative estimate of drug-likeness (QED) is 0.607. The van der Waals surface area contributed by atoms with Crippen LogP contribution in [0.5, 0.6) is 0 Å². The molecular weight excluding hydrogens is 388 g/mol. The Morgan fingerprint density at radius 2 is 1.77 bits per heavy atom. The summed E-state index contributed by atoms with van der Waals surface area (Å²) in [5, 5.41) is 0. The molecule has 1 saturated heterocycles. The summed E-state index contributed by atoms with van der Waals surface area (Å²) >= 11 is 0. The first-order chi connectivity index (χ1) is 14.9. The van der Waals surface area contributed by atoms with Gasteiger partial charge in [0.25, 0.3) is 0 Å². The Kier molecular flexibility index (Phi) is 5.81. The summed E-state index contributed by atoms with van der Waals surface area (Å²) in [4.78, 5) is 34.4. The molecule has 3 aromatic rings. The van der Waals surface area contributed by atoms with Gasteiger partial charge < -0.3 is 14.4 Å². The van der Waals surface area contributed by atoms with E-state index in [1.54, 1.807) is 0 Å². The Morgan fingerprint density at radius 3 is 2.45 bits per heavy atom. The monoisotopic (exact) mass is 418 g/mol. The third-order valence-electron chi connectivity index (χ3n) is 6.10. The lowest BCUT2D eigenvalue weighted by Crippen LogP contribution is -2.34. The predicted octanol–water partition coefficient (Wildman–Crippen LogP) is 4.04. The number of para-hydroxylation sites is 2. The standard InChI is InChI=1S/C25H30N4O2/c1-5-27(6-2)24(31)16-29-22-10-8-7-9-21(22)26-25(29)19-14-23(30)28(15-19)20-12-17(3)11-18(4)13-20/h7-13,19H,5-6,14-16H2,1-4H3. The van der Waals surface area contributed by atoms with Gasteiger partial charge in [0.15, 0.2) is 0 Å². The molecule has 4 rings (SSSR count). The molecule has 1 atom stereocenters. The minimum atomic E-state index is -0.0507. The lowest BCUT2D eigenvalue weighted by atomic mass is 10.1. The highest BCUT2D eigenvalue weighted by atomic mass is 16.2. The van der Waals surface area contributed by atoms with E-state index >= 15 is 0 Å². The van der Waals surface area contributed by atoms with E-state index in [1.165, 1.54) is 0 Å². The van der Waals surface area contributed by atoms with Crippen molar-refractivity contribution in [3.63, 3.8) is 0 Å². The van der Waals surface area contributed by atoms with Crippen molar-refractivity contribution in [2.75, 3.05) is 24.5 Å². The topological polar surface area (TPSA) is 58.4 Å². The van der Waals surface area contributed by atoms with Crippen LogP contribution >= 0.6 is 0 Å². The average Bonchev–Trinajstić information content (AvgIpc) is 3.29. The van der Waals surface area contributed by atoms with E-state index in [9.17, 15) is 9.59 Å². The van der Waals surface area contributed by atoms with Gasteiger partial charge in [-0.15, -0.1) is 0 Å². The average molecular weight is 419 g/mol. The van der Waals surface area contributed by atoms with Crippen molar-refractivity contribution in [3.8, 4) is 0 Å². The highest BCUT2D eigenvalue weighted by Crippen LogP contribution is 2.34. The zero-order chi connectivity index (χ0) is 22.1. The number of carbonyl (C=O) groups excluding carboxylic acids is 2. The van der Waals surface area contributed by atoms with Crippen LogP contribution in [0.1, 0.15) is 43.1 Å². The Morgan fingerprint density at radius 1 is 1.10 bits per heavy atom. The number of hydrogen-bond donors (Lipinski definition) is 0. The molecule has 2 aromatic carbocycles. The van der Waals surface area contributed by atoms with E-state index in [2.05, 4.69) is 18.2 Å². The van der Waals surface area contributed by atoms with Gasteiger partial charge in [-0.2, -0.15) is 0 Å². The molecule has 0 bridgehead atoms. The van der Waals surface area contributed by atoms with Crippen molar-refractivity contribution < 1.29 is 9.59 Å². The normalized spacial score (nSPS) is 16.3. The predicted molar refractivity (Wildman–Crippen MR) is 123 cm³/mol. The molecule has 6 nitrogen and oxygen atoms in total. The number of nitrogens with zero attached hydrogens (tertiary/aromatic N) is 4. The molecule has 1 aromatic heterocycles. The van der Waals surface area contributed by atoms with Crippen LogP contribution in [-0.2, 0) is 16.1 Å². The zero-order valence-electron chi connectivity index (χ0n) is 18.8. The number of benzene rings is 2. The molecule has 31 heavy (non-hydrogen) atoms. The van der Waals surface area contributed by atoms with Crippen LogP contribution in [0.25, 0.3) is 11.0 Å². The van der Waals surface area contributed by atoms with Crippen LogP contribution in [0.2, 0.25) is 0 Å². The first kappa shape index (κ1) is 21.1. The molecule has 0 radical (unpaired) electrons. The summed E-state index contributed by atoms with van der Waals surface area (Å²) in [5.74, 6) is 0.945. The summed E-state index contributed by atoms with van der Waals surface area (Å²) in [5.41, 5.74) is 5.02. The number of amides is 2. The molecule has 2 heterocycles. The maximum Gasteiger partial charge on any atom is 0.242 e. The highest BCUT2D eigenvalue weighted by molar-refractivity contribution is 5.96. The summed E-state index contributed by atoms with van der Waals surface area (Å²) in [6.45, 7) is 10.3. The van der Waals surface area contributed by atoms with Gasteiger partial charge in [0.05, 0.1) is 11.0 Å². The molecule has 162 valence electrons. The van der Waals surface area contributed by atoms with Crippen LogP contribution in [-0.4, -0.2) is 45.9 Å². The smallest absolute Gasteiger partial charge is 0.242 e. The van der Waals surface area contributed by atoms with Gasteiger partial charge in [0.2, 0.25) is 11.8 Å². The number of aromatic nitrogens is 2. The van der Waals surface area contributed by atoms with Crippen LogP contribution < -0.4 is 4.90 Å². The Bertz CT molecular complexity index is 1110. The van der Waals surface area contributed by atoms with E-state index in [0.29, 0.717) is 26.1 Å². The minimum Gasteiger partial charge on any atom is -0.342 e. The van der Waals surface area contributed by atoms with Gasteiger partial charge in [-0.1, -0.05) is 18.2 Å². The van der Waals surface area contributed by atoms with Gasteiger partial charge in [-0.25, -0.2) is 4.98 Å². The molecule has 1 unspecified atom stereocenters. The number of imidazole rings is 1. The molecule has 1 aliphatic heterocycles. The van der Waals surface area contributed by atoms with E-state index in [4.69, 9.17) is 4.98 Å². The lowest BCUT2D eigenvalue weighted by molar-refractivity contribution is -0.131. The molecule has 1 aliphatic rings. The Balaban J connectivity index is 1.69. The second kappa shape index (κ2) is 8.53. The second-order valence-electron chi connectivity index (χ2n) is 8.36. The molecule has 0 spiro atoms. The number of aryl methyl sites for hydroxylation is 2. The first-order valence-corrected chi connectivity index (χ1v) is 11.0. The van der Waals surface area contributed by atoms with Crippen molar-refractivity contribution in [1.82, 2.24) is 14.5 Å². The lowest BCUT2D eigenvalue weighted by Gasteiger charge is -2.21. The largest absolute Gasteiger partial charge is 0.342 e. The Hall–Kier alpha value is -3.15. The van der Waals surface area contributed by atoms with Crippen molar-refractivity contribution >= 4 is 28.5 Å². The van der Waals surface area contributed by atoms with Crippen LogP contribution in [0.15, 0.2) is 42.5 Å². The summed E-state index contributed by atoms with van der Waals surface area (Å²) in [6, 6.07) is 14.1. The molecular formula is C25H30N4O2. The first-order valence-electron chi connectivity index (χ1n) is 11.0. The van der Waals surface area contributed by atoms with E-state index < -0.39 is 0 Å². The summed E-state index contributed by atoms with van der Waals surface area (Å²) in [7, 11) is 0. The number of anilines is 1. The van der Waals surface area contributed by atoms with E-state index in [-0.39, 0.29) is 24.3 Å². The summed E-state index contributed by atoms with van der Waals surface area (Å²) < 4.78 is 2.01. The van der Waals surface area contributed by atoms with E-state index in [0.717, 1.165) is 33.7 Å². The second-order valence-corrected chi connectivity index (χ2v) is 8.36. The van der Waals surface area contributed by atoms with Crippen molar-refractivity contribution in [2.24, 2.45) is 0 Å². The number of carbonyl (C=O) groups is 2. The van der Waals surface area contributed by atoms with Crippen LogP contribution in [0, 0.1) is 13.8 Å². The molecule has 0 aliphatic carbocycles. The zero-order valence-corrected chi connectivity index (χ0v) is 18.8. The third-order valence-corrected chi connectivity index (χ3v) is 6.10. The third kappa shape index (κ3) is 4.07. The molecule has 1 fully saturated rings. The fourth-order valence-electron chi connectivity index (χ4n) is 4.62. The number of likely N-dealkylation sites (N-methyl/N-ethyl adjacent to an activating group) is 1. The molecule has 0 saturated carbocycles. The number of fused-ring (bicyclic) bond motifs is 1. The number of rotatable bonds is 6. The van der Waals surface area contributed by atoms with Gasteiger partial charge in [0.1, 0.15) is 12.4 Å². The van der Waals surface area contributed by atoms with Gasteiger partial charge >= 0.3 is 0 Å². The van der Waals surface area contributed by atoms with Gasteiger partial charge in [-0.05, 0) is 63.1 Å². The van der Waals surface area contributed by atoms with Crippen molar-refractivity contribution in [2.45, 2.75) is 46.6 Å². The maximum absolute atomic E-state index is 12.9. The molecule has 6 heteroatoms. The molecule has 2 amide bonds. The van der Waals surface area contributed by atoms with Crippen LogP contribution in [0.3, 0.4) is 0 Å². The fraction of sp³-hybridized carbons (Fsp3) is 0.400. The van der Waals surface area contributed by atoms with Crippen molar-refractivity contribution in [3.05, 3.63) is 59.4 Å². The minimum absolute atomic E-state index is 0.0507. The SMILES string of the molecule is CCN(CC)C(=O)Cn1c(C2CC(=O)N(c3cc(C)cc(C)c3)C2)nc2ccccc21. The summed E-state index contributed by atoms with van der Waals surface area (Å²) in [6.07, 6.45) is 0.399. The maximum atomic E-state index is 12.9. The van der Waals surface area contributed by atoms with Gasteiger partial charge in [0, 0.05) is 37.7 Å². The fourth-order valence-corrected chi connectivity index (χ4v) is 4.62. The van der Waals surface area contributed by atoms with Gasteiger partial charge in [-0.3, -0.25) is 9.59 Å². The number of hydrogen-bond acceptors (Lipinski definition) is 3. The van der Waals surface area contributed by atoms with Crippen molar-refractivity contribution in [1.29, 1.82) is 0 Å².